The molecule has 0 spiro atoms. The zero-order chi connectivity index (χ0) is 6.28. The summed E-state index contributed by atoms with van der Waals surface area (Å²) in [6, 6.07) is 0. The average molecular weight is 197 g/mol. The summed E-state index contributed by atoms with van der Waals surface area (Å²) in [5.41, 5.74) is 0. The van der Waals surface area contributed by atoms with Crippen molar-refractivity contribution in [1.29, 1.82) is 0 Å². The van der Waals surface area contributed by atoms with Crippen molar-refractivity contribution >= 4 is 34.2 Å². The Morgan fingerprint density at radius 1 is 1.43 bits per heavy atom. The molecule has 0 fully saturated rings. The minimum absolute atomic E-state index is 0.500. The molecule has 0 saturated carbocycles. The summed E-state index contributed by atoms with van der Waals surface area (Å²) in [5, 5.41) is 0. The summed E-state index contributed by atoms with van der Waals surface area (Å²) >= 11 is -1.92. The number of carbonyl (C=O) groups excluding carboxylic acids is 1. The number of halogens is 3. The number of hydrogen-bond donors (Lipinski definition) is 0. The van der Waals surface area contributed by atoms with Crippen LogP contribution in [-0.2, 0) is 19.5 Å². The van der Waals surface area contributed by atoms with Gasteiger partial charge in [0.25, 0.3) is 0 Å². The molecular formula is C2H3Cl3OTi. The predicted molar refractivity (Wildman–Crippen MR) is 29.0 cm³/mol. The van der Waals surface area contributed by atoms with Crippen molar-refractivity contribution in [3.05, 3.63) is 6.92 Å². The van der Waals surface area contributed by atoms with Gasteiger partial charge < -0.3 is 11.7 Å². The quantitative estimate of drug-likeness (QED) is 0.330. The van der Waals surface area contributed by atoms with Crippen LogP contribution < -0.4 is 0 Å². The second-order valence-electron chi connectivity index (χ2n) is 0.381. The van der Waals surface area contributed by atoms with Gasteiger partial charge in [0.1, 0.15) is 0 Å². The molecule has 0 aromatic heterocycles. The van der Waals surface area contributed by atoms with Crippen molar-refractivity contribution in [2.24, 2.45) is 0 Å². The molecule has 0 saturated heterocycles. The zero-order valence-corrected chi connectivity index (χ0v) is 7.16. The molecule has 0 aromatic rings. The van der Waals surface area contributed by atoms with Crippen LogP contribution in [0.1, 0.15) is 0 Å². The second kappa shape index (κ2) is 10.2. The topological polar surface area (TPSA) is 17.1 Å². The average Bonchev–Trinajstić information content (AvgIpc) is 1.33. The fourth-order valence-electron chi connectivity index (χ4n) is 0. The van der Waals surface area contributed by atoms with Gasteiger partial charge >= 0.3 is 42.6 Å². The number of carbonyl (C=O) groups is 1. The van der Waals surface area contributed by atoms with E-state index in [1.54, 1.807) is 0 Å². The first-order valence-corrected chi connectivity index (χ1v) is 7.66. The Balaban J connectivity index is 0. The Hall–Kier alpha value is 1.12. The third kappa shape index (κ3) is 148. The Kier molecular flexibility index (Phi) is 16.0. The van der Waals surface area contributed by atoms with E-state index in [2.05, 4.69) is 6.92 Å². The van der Waals surface area contributed by atoms with Crippen LogP contribution in [0.3, 0.4) is 0 Å². The predicted octanol–water partition coefficient (Wildman–Crippen LogP) is 2.09. The minimum atomic E-state index is -1.92. The van der Waals surface area contributed by atoms with Crippen LogP contribution in [-0.4, -0.2) is 6.29 Å². The fraction of sp³-hybridized carbons (Fsp3) is 0. The Morgan fingerprint density at radius 3 is 1.43 bits per heavy atom. The molecule has 0 aliphatic heterocycles. The Bertz CT molecular complexity index is 37.2. The van der Waals surface area contributed by atoms with Crippen LogP contribution >= 0.6 is 27.9 Å². The normalized spacial score (nSPS) is 5.57. The summed E-state index contributed by atoms with van der Waals surface area (Å²) in [6.45, 7) is 2.81. The van der Waals surface area contributed by atoms with Crippen molar-refractivity contribution in [1.82, 2.24) is 0 Å². The van der Waals surface area contributed by atoms with Crippen LogP contribution in [0.4, 0.5) is 0 Å². The maximum atomic E-state index is 8.69. The van der Waals surface area contributed by atoms with Gasteiger partial charge in [-0.05, 0) is 6.29 Å². The molecule has 0 unspecified atom stereocenters. The zero-order valence-electron chi connectivity index (χ0n) is 3.33. The van der Waals surface area contributed by atoms with Gasteiger partial charge in [0.05, 0.1) is 0 Å². The molecule has 0 rings (SSSR count). The van der Waals surface area contributed by atoms with Crippen molar-refractivity contribution < 1.29 is 19.5 Å². The Morgan fingerprint density at radius 2 is 1.43 bits per heavy atom. The second-order valence-corrected chi connectivity index (χ2v) is 8.12. The molecule has 5 heteroatoms. The third-order valence-corrected chi connectivity index (χ3v) is 0. The fourth-order valence-corrected chi connectivity index (χ4v) is 0. The van der Waals surface area contributed by atoms with Crippen LogP contribution in [0.25, 0.3) is 0 Å². The van der Waals surface area contributed by atoms with Gasteiger partial charge in [0, 0.05) is 0 Å². The van der Waals surface area contributed by atoms with E-state index in [0.29, 0.717) is 6.29 Å². The maximum absolute atomic E-state index is 8.69. The molecule has 0 heterocycles. The van der Waals surface area contributed by atoms with Crippen molar-refractivity contribution in [2.45, 2.75) is 0 Å². The summed E-state index contributed by atoms with van der Waals surface area (Å²) < 4.78 is 0. The van der Waals surface area contributed by atoms with Crippen LogP contribution in [0.5, 0.6) is 0 Å². The first-order chi connectivity index (χ1) is 3.15. The van der Waals surface area contributed by atoms with Crippen LogP contribution in [0.15, 0.2) is 0 Å². The summed E-state index contributed by atoms with van der Waals surface area (Å²) in [5.74, 6) is 0. The monoisotopic (exact) mass is 196 g/mol. The molecule has 0 aromatic carbocycles. The van der Waals surface area contributed by atoms with Gasteiger partial charge in [-0.3, -0.25) is 0 Å². The van der Waals surface area contributed by atoms with Gasteiger partial charge in [0.2, 0.25) is 0 Å². The first-order valence-electron chi connectivity index (χ1n) is 1.21. The van der Waals surface area contributed by atoms with E-state index in [4.69, 9.17) is 32.7 Å². The summed E-state index contributed by atoms with van der Waals surface area (Å²) in [4.78, 5) is 8.69. The Labute approximate surface area is 60.4 Å². The summed E-state index contributed by atoms with van der Waals surface area (Å²) in [6.07, 6.45) is 0.500. The van der Waals surface area contributed by atoms with E-state index in [9.17, 15) is 0 Å². The molecule has 0 bridgehead atoms. The SMILES string of the molecule is [CH2-]C=O.[Cl][Ti+]([Cl])[Cl]. The molecule has 0 aliphatic rings. The molecule has 0 aliphatic carbocycles. The standard InChI is InChI=1S/C2H3O.3ClH.Ti/c1-2-3;;;;/h2H,1H2;3*1H;/q-1;;;;+4/p-3. The van der Waals surface area contributed by atoms with E-state index in [0.717, 1.165) is 0 Å². The number of aldehydes is 1. The van der Waals surface area contributed by atoms with Crippen molar-refractivity contribution in [2.75, 3.05) is 0 Å². The van der Waals surface area contributed by atoms with Gasteiger partial charge in [-0.25, -0.2) is 0 Å². The molecule has 0 N–H and O–H groups in total. The van der Waals surface area contributed by atoms with E-state index in [1.807, 2.05) is 0 Å². The van der Waals surface area contributed by atoms with Gasteiger partial charge in [0.15, 0.2) is 0 Å². The molecular weight excluding hydrogens is 194 g/mol. The van der Waals surface area contributed by atoms with E-state index >= 15 is 0 Å². The van der Waals surface area contributed by atoms with E-state index < -0.39 is 14.7 Å². The summed E-state index contributed by atoms with van der Waals surface area (Å²) in [7, 11) is 14.9. The van der Waals surface area contributed by atoms with Crippen LogP contribution in [0.2, 0.25) is 0 Å². The van der Waals surface area contributed by atoms with Crippen molar-refractivity contribution in [3.8, 4) is 0 Å². The van der Waals surface area contributed by atoms with Gasteiger partial charge in [-0.15, -0.1) is 0 Å². The third-order valence-electron chi connectivity index (χ3n) is 0. The van der Waals surface area contributed by atoms with Gasteiger partial charge in [-0.2, -0.15) is 0 Å². The molecule has 0 atom stereocenters. The number of hydrogen-bond acceptors (Lipinski definition) is 1. The molecule has 0 amide bonds. The van der Waals surface area contributed by atoms with Gasteiger partial charge in [-0.1, -0.05) is 0 Å². The molecule has 1 nitrogen and oxygen atoms in total. The van der Waals surface area contributed by atoms with E-state index in [-0.39, 0.29) is 0 Å². The molecule has 0 radical (unpaired) electrons. The number of rotatable bonds is 0. The van der Waals surface area contributed by atoms with Crippen molar-refractivity contribution in [3.63, 3.8) is 0 Å². The van der Waals surface area contributed by atoms with Crippen LogP contribution in [0, 0.1) is 6.92 Å². The first kappa shape index (κ1) is 11.0. The van der Waals surface area contributed by atoms with E-state index in [1.165, 1.54) is 0 Å². The molecule has 7 heavy (non-hydrogen) atoms. The molecule has 42 valence electrons.